The first-order valence-corrected chi connectivity index (χ1v) is 11.5. The molecular weight excluding hydrogens is 402 g/mol. The largest absolute Gasteiger partial charge is 0.369 e. The summed E-state index contributed by atoms with van der Waals surface area (Å²) in [6.45, 7) is 7.31. The van der Waals surface area contributed by atoms with Crippen LogP contribution >= 0.6 is 0 Å². The van der Waals surface area contributed by atoms with Gasteiger partial charge in [0, 0.05) is 44.8 Å². The third kappa shape index (κ3) is 4.43. The Labute approximate surface area is 178 Å². The minimum absolute atomic E-state index is 0.0625. The molecule has 2 aromatic rings. The van der Waals surface area contributed by atoms with E-state index in [0.717, 1.165) is 17.7 Å². The molecule has 2 atom stereocenters. The zero-order valence-electron chi connectivity index (χ0n) is 18.2. The van der Waals surface area contributed by atoms with Gasteiger partial charge < -0.3 is 10.6 Å². The minimum Gasteiger partial charge on any atom is -0.369 e. The number of nitrogens with zero attached hydrogens (tertiary/aromatic N) is 4. The summed E-state index contributed by atoms with van der Waals surface area (Å²) in [6, 6.07) is 7.86. The van der Waals surface area contributed by atoms with Crippen LogP contribution in [0.3, 0.4) is 0 Å². The summed E-state index contributed by atoms with van der Waals surface area (Å²) in [7, 11) is -0.0979. The average Bonchev–Trinajstić information content (AvgIpc) is 3.26. The number of hydrogen-bond donors (Lipinski definition) is 1. The fourth-order valence-corrected chi connectivity index (χ4v) is 5.30. The lowest BCUT2D eigenvalue weighted by Gasteiger charge is -2.19. The third-order valence-electron chi connectivity index (χ3n) is 5.77. The number of likely N-dealkylation sites (tertiary alicyclic amines) is 1. The van der Waals surface area contributed by atoms with Gasteiger partial charge in [-0.05, 0) is 38.9 Å². The first kappa shape index (κ1) is 22.5. The standard InChI is InChI=1S/C21H31N5O3S/c1-14(2)26-13-20(15(3)23-26)30(28,29)25(5)10-16-6-8-17(9-7-16)18-11-24(4)12-19(18)21(22)27/h6-9,13-14,18-19H,10-12H2,1-5H3,(H2,22,27)/t18-,19+/m1/s1. The number of sulfonamides is 1. The van der Waals surface area contributed by atoms with E-state index < -0.39 is 10.0 Å². The second kappa shape index (κ2) is 8.49. The summed E-state index contributed by atoms with van der Waals surface area (Å²) in [5.41, 5.74) is 7.99. The van der Waals surface area contributed by atoms with E-state index in [-0.39, 0.29) is 35.2 Å². The van der Waals surface area contributed by atoms with Crippen LogP contribution in [0.2, 0.25) is 0 Å². The van der Waals surface area contributed by atoms with E-state index in [0.29, 0.717) is 12.2 Å². The Morgan fingerprint density at radius 1 is 1.27 bits per heavy atom. The number of nitrogens with two attached hydrogens (primary N) is 1. The van der Waals surface area contributed by atoms with Gasteiger partial charge >= 0.3 is 0 Å². The van der Waals surface area contributed by atoms with E-state index in [1.54, 1.807) is 24.9 Å². The van der Waals surface area contributed by atoms with Crippen LogP contribution in [0.1, 0.15) is 42.6 Å². The first-order chi connectivity index (χ1) is 14.0. The van der Waals surface area contributed by atoms with Crippen molar-refractivity contribution in [2.24, 2.45) is 11.7 Å². The highest BCUT2D eigenvalue weighted by Gasteiger charge is 2.35. The molecule has 0 unspecified atom stereocenters. The van der Waals surface area contributed by atoms with Crippen LogP contribution in [-0.4, -0.2) is 60.5 Å². The average molecular weight is 434 g/mol. The molecule has 1 aliphatic rings. The number of amides is 1. The van der Waals surface area contributed by atoms with Gasteiger partial charge in [-0.2, -0.15) is 9.40 Å². The Balaban J connectivity index is 1.76. The summed E-state index contributed by atoms with van der Waals surface area (Å²) in [4.78, 5) is 14.1. The predicted molar refractivity (Wildman–Crippen MR) is 115 cm³/mol. The second-order valence-corrected chi connectivity index (χ2v) is 10.5. The van der Waals surface area contributed by atoms with Gasteiger partial charge in [-0.3, -0.25) is 9.48 Å². The maximum atomic E-state index is 13.0. The molecule has 1 aromatic carbocycles. The zero-order chi connectivity index (χ0) is 22.2. The lowest BCUT2D eigenvalue weighted by Crippen LogP contribution is -2.28. The maximum Gasteiger partial charge on any atom is 0.246 e. The molecule has 9 heteroatoms. The summed E-state index contributed by atoms with van der Waals surface area (Å²) in [5.74, 6) is -0.423. The van der Waals surface area contributed by atoms with Crippen LogP contribution < -0.4 is 5.73 Å². The maximum absolute atomic E-state index is 13.0. The Hall–Kier alpha value is -2.23. The van der Waals surface area contributed by atoms with Crippen molar-refractivity contribution in [1.29, 1.82) is 0 Å². The molecule has 1 saturated heterocycles. The Kier molecular flexibility index (Phi) is 6.35. The van der Waals surface area contributed by atoms with Gasteiger partial charge in [-0.1, -0.05) is 24.3 Å². The van der Waals surface area contributed by atoms with Crippen molar-refractivity contribution in [2.75, 3.05) is 27.2 Å². The molecule has 0 spiro atoms. The van der Waals surface area contributed by atoms with E-state index in [1.807, 2.05) is 45.2 Å². The van der Waals surface area contributed by atoms with Crippen molar-refractivity contribution >= 4 is 15.9 Å². The smallest absolute Gasteiger partial charge is 0.246 e. The van der Waals surface area contributed by atoms with E-state index in [2.05, 4.69) is 10.00 Å². The Morgan fingerprint density at radius 2 is 1.90 bits per heavy atom. The molecule has 2 N–H and O–H groups in total. The van der Waals surface area contributed by atoms with Crippen molar-refractivity contribution in [2.45, 2.75) is 44.2 Å². The van der Waals surface area contributed by atoms with Gasteiger partial charge in [0.25, 0.3) is 0 Å². The number of aromatic nitrogens is 2. The second-order valence-electron chi connectivity index (χ2n) is 8.49. The van der Waals surface area contributed by atoms with Gasteiger partial charge in [-0.15, -0.1) is 0 Å². The molecule has 0 radical (unpaired) electrons. The predicted octanol–water partition coefficient (Wildman–Crippen LogP) is 1.72. The molecule has 0 aliphatic carbocycles. The van der Waals surface area contributed by atoms with Gasteiger partial charge in [0.2, 0.25) is 15.9 Å². The molecule has 30 heavy (non-hydrogen) atoms. The number of aryl methyl sites for hydroxylation is 1. The quantitative estimate of drug-likeness (QED) is 0.716. The number of carbonyl (C=O) groups excluding carboxylic acids is 1. The minimum atomic E-state index is -3.65. The number of hydrogen-bond acceptors (Lipinski definition) is 5. The highest BCUT2D eigenvalue weighted by atomic mass is 32.2. The third-order valence-corrected chi connectivity index (χ3v) is 7.68. The lowest BCUT2D eigenvalue weighted by molar-refractivity contribution is -0.121. The molecular formula is C21H31N5O3S. The molecule has 164 valence electrons. The van der Waals surface area contributed by atoms with Crippen LogP contribution in [0.25, 0.3) is 0 Å². The van der Waals surface area contributed by atoms with Crippen molar-refractivity contribution in [3.63, 3.8) is 0 Å². The number of carbonyl (C=O) groups is 1. The molecule has 1 aromatic heterocycles. The van der Waals surface area contributed by atoms with Gasteiger partial charge in [0.05, 0.1) is 11.6 Å². The SMILES string of the molecule is Cc1nn(C(C)C)cc1S(=O)(=O)N(C)Cc1ccc([C@H]2CN(C)C[C@@H]2C(N)=O)cc1. The number of primary amides is 1. The highest BCUT2D eigenvalue weighted by molar-refractivity contribution is 7.89. The number of benzene rings is 1. The fourth-order valence-electron chi connectivity index (χ4n) is 3.99. The summed E-state index contributed by atoms with van der Waals surface area (Å²) in [6.07, 6.45) is 1.59. The number of likely N-dealkylation sites (N-methyl/N-ethyl adjacent to an activating group) is 1. The summed E-state index contributed by atoms with van der Waals surface area (Å²) < 4.78 is 29.1. The van der Waals surface area contributed by atoms with Gasteiger partial charge in [0.1, 0.15) is 4.90 Å². The first-order valence-electron chi connectivity index (χ1n) is 10.1. The molecule has 1 amide bonds. The van der Waals surface area contributed by atoms with Crippen LogP contribution in [0.4, 0.5) is 0 Å². The molecule has 8 nitrogen and oxygen atoms in total. The molecule has 3 rings (SSSR count). The zero-order valence-corrected chi connectivity index (χ0v) is 19.1. The van der Waals surface area contributed by atoms with Gasteiger partial charge in [-0.25, -0.2) is 8.42 Å². The molecule has 0 bridgehead atoms. The Morgan fingerprint density at radius 3 is 2.43 bits per heavy atom. The van der Waals surface area contributed by atoms with Crippen molar-refractivity contribution < 1.29 is 13.2 Å². The molecule has 1 fully saturated rings. The molecule has 1 aliphatic heterocycles. The van der Waals surface area contributed by atoms with E-state index in [9.17, 15) is 13.2 Å². The van der Waals surface area contributed by atoms with Crippen molar-refractivity contribution in [3.05, 3.63) is 47.3 Å². The van der Waals surface area contributed by atoms with Crippen LogP contribution in [0, 0.1) is 12.8 Å². The van der Waals surface area contributed by atoms with E-state index in [1.165, 1.54) is 4.31 Å². The van der Waals surface area contributed by atoms with Crippen molar-refractivity contribution in [3.8, 4) is 0 Å². The van der Waals surface area contributed by atoms with Crippen LogP contribution in [0.5, 0.6) is 0 Å². The van der Waals surface area contributed by atoms with Crippen molar-refractivity contribution in [1.82, 2.24) is 19.0 Å². The fraction of sp³-hybridized carbons (Fsp3) is 0.524. The number of rotatable bonds is 7. The normalized spacial score (nSPS) is 20.4. The summed E-state index contributed by atoms with van der Waals surface area (Å²) >= 11 is 0. The lowest BCUT2D eigenvalue weighted by atomic mass is 9.88. The monoisotopic (exact) mass is 433 g/mol. The van der Waals surface area contributed by atoms with E-state index >= 15 is 0 Å². The highest BCUT2D eigenvalue weighted by Crippen LogP contribution is 2.32. The van der Waals surface area contributed by atoms with Crippen LogP contribution in [-0.2, 0) is 21.4 Å². The van der Waals surface area contributed by atoms with E-state index in [4.69, 9.17) is 5.73 Å². The van der Waals surface area contributed by atoms with Crippen LogP contribution in [0.15, 0.2) is 35.4 Å². The molecule has 2 heterocycles. The topological polar surface area (TPSA) is 102 Å². The van der Waals surface area contributed by atoms with Gasteiger partial charge in [0.15, 0.2) is 0 Å². The summed E-state index contributed by atoms with van der Waals surface area (Å²) in [5, 5.41) is 4.32. The Bertz CT molecular complexity index is 1010. The molecule has 0 saturated carbocycles.